The minimum atomic E-state index is 0.654. The third kappa shape index (κ3) is 1.84. The van der Waals surface area contributed by atoms with E-state index in [-0.39, 0.29) is 0 Å². The molecular weight excluding hydrogens is 148 g/mol. The molecular formula is C10H9N2+. The summed E-state index contributed by atoms with van der Waals surface area (Å²) in [6, 6.07) is 10.4. The van der Waals surface area contributed by atoms with Crippen LogP contribution in [0.5, 0.6) is 0 Å². The summed E-state index contributed by atoms with van der Waals surface area (Å²) in [5.41, 5.74) is 2.57. The molecule has 0 atom stereocenters. The van der Waals surface area contributed by atoms with Crippen molar-refractivity contribution in [2.45, 2.75) is 6.92 Å². The van der Waals surface area contributed by atoms with Gasteiger partial charge in [0.1, 0.15) is 5.56 Å². The molecule has 2 nitrogen and oxygen atoms in total. The predicted octanol–water partition coefficient (Wildman–Crippen LogP) is 2.18. The number of rotatable bonds is 0. The van der Waals surface area contributed by atoms with E-state index in [1.54, 1.807) is 13.1 Å². The van der Waals surface area contributed by atoms with Crippen LogP contribution >= 0.6 is 0 Å². The Bertz CT molecular complexity index is 389. The molecule has 1 aromatic carbocycles. The fraction of sp³-hybridized carbons (Fsp3) is 0.200. The van der Waals surface area contributed by atoms with E-state index in [1.807, 2.05) is 19.1 Å². The molecule has 0 fully saturated rings. The fourth-order valence-electron chi connectivity index (χ4n) is 1.04. The Balaban J connectivity index is 3.23. The van der Waals surface area contributed by atoms with Crippen molar-refractivity contribution in [3.05, 3.63) is 39.7 Å². The summed E-state index contributed by atoms with van der Waals surface area (Å²) in [7, 11) is 1.66. The molecule has 0 unspecified atom stereocenters. The first-order valence-electron chi connectivity index (χ1n) is 3.63. The first-order chi connectivity index (χ1) is 5.76. The summed E-state index contributed by atoms with van der Waals surface area (Å²) in [6.45, 7) is 1.95. The topological polar surface area (TPSA) is 28.1 Å². The molecule has 0 heterocycles. The molecule has 1 aromatic rings. The Hall–Kier alpha value is -1.80. The van der Waals surface area contributed by atoms with Gasteiger partial charge < -0.3 is 0 Å². The summed E-state index contributed by atoms with van der Waals surface area (Å²) >= 11 is 0. The predicted molar refractivity (Wildman–Crippen MR) is 48.2 cm³/mol. The van der Waals surface area contributed by atoms with Gasteiger partial charge in [0.15, 0.2) is 0 Å². The average Bonchev–Trinajstić information content (AvgIpc) is 2.04. The summed E-state index contributed by atoms with van der Waals surface area (Å²) < 4.78 is 0. The monoisotopic (exact) mass is 157 g/mol. The maximum Gasteiger partial charge on any atom is 0.310 e. The summed E-state index contributed by atoms with van der Waals surface area (Å²) in [5.74, 6) is 0. The highest BCUT2D eigenvalue weighted by molar-refractivity contribution is 5.43. The standard InChI is InChI=1S/C10H9N2/c1-8-3-9(6-11)5-10(4-8)7-12-2/h3-5H,1-2H3/q+1. The van der Waals surface area contributed by atoms with Gasteiger partial charge in [-0.15, -0.1) is 0 Å². The second-order valence-electron chi connectivity index (χ2n) is 2.53. The molecule has 2 heteroatoms. The van der Waals surface area contributed by atoms with Gasteiger partial charge in [0.2, 0.25) is 0 Å². The zero-order valence-electron chi connectivity index (χ0n) is 7.13. The summed E-state index contributed by atoms with van der Waals surface area (Å²) in [5, 5.41) is 8.65. The quantitative estimate of drug-likeness (QED) is 0.567. The molecule has 0 saturated heterocycles. The van der Waals surface area contributed by atoms with Gasteiger partial charge >= 0.3 is 6.07 Å². The van der Waals surface area contributed by atoms with Crippen molar-refractivity contribution < 1.29 is 0 Å². The van der Waals surface area contributed by atoms with Crippen molar-refractivity contribution in [1.82, 2.24) is 0 Å². The molecule has 0 N–H and O–H groups in total. The van der Waals surface area contributed by atoms with E-state index in [0.717, 1.165) is 11.1 Å². The van der Waals surface area contributed by atoms with E-state index in [0.29, 0.717) is 5.56 Å². The van der Waals surface area contributed by atoms with Crippen LogP contribution in [-0.4, -0.2) is 7.05 Å². The van der Waals surface area contributed by atoms with Crippen LogP contribution in [0.4, 0.5) is 0 Å². The van der Waals surface area contributed by atoms with Crippen molar-refractivity contribution in [3.63, 3.8) is 0 Å². The van der Waals surface area contributed by atoms with Gasteiger partial charge in [-0.05, 0) is 30.7 Å². The van der Waals surface area contributed by atoms with Gasteiger partial charge in [0.05, 0.1) is 11.6 Å². The van der Waals surface area contributed by atoms with Crippen LogP contribution in [0.3, 0.4) is 0 Å². The second-order valence-corrected chi connectivity index (χ2v) is 2.53. The number of hydrogen-bond acceptors (Lipinski definition) is 1. The first-order valence-corrected chi connectivity index (χ1v) is 3.63. The van der Waals surface area contributed by atoms with Gasteiger partial charge in [-0.25, -0.2) is 0 Å². The zero-order valence-corrected chi connectivity index (χ0v) is 7.13. The van der Waals surface area contributed by atoms with Crippen molar-refractivity contribution >= 4 is 0 Å². The SMILES string of the molecule is C[N+]#Cc1cc(C)cc(C#N)c1. The fourth-order valence-corrected chi connectivity index (χ4v) is 1.04. The van der Waals surface area contributed by atoms with E-state index >= 15 is 0 Å². The summed E-state index contributed by atoms with van der Waals surface area (Å²) in [6.07, 6.45) is 0. The maximum atomic E-state index is 8.65. The van der Waals surface area contributed by atoms with Crippen molar-refractivity contribution in [2.75, 3.05) is 7.05 Å². The van der Waals surface area contributed by atoms with Crippen molar-refractivity contribution in [1.29, 1.82) is 5.26 Å². The molecule has 12 heavy (non-hydrogen) atoms. The maximum absolute atomic E-state index is 8.65. The third-order valence-electron chi connectivity index (χ3n) is 1.45. The Morgan fingerprint density at radius 2 is 1.92 bits per heavy atom. The molecule has 0 aliphatic rings. The molecule has 0 saturated carbocycles. The highest BCUT2D eigenvalue weighted by atomic mass is 14.6. The van der Waals surface area contributed by atoms with Gasteiger partial charge in [0.25, 0.3) is 7.05 Å². The minimum Gasteiger partial charge on any atom is -0.192 e. The first kappa shape index (κ1) is 8.30. The summed E-state index contributed by atoms with van der Waals surface area (Å²) in [4.78, 5) is 3.76. The van der Waals surface area contributed by atoms with E-state index in [2.05, 4.69) is 17.0 Å². The molecule has 0 amide bonds. The van der Waals surface area contributed by atoms with Crippen LogP contribution in [0.1, 0.15) is 16.7 Å². The van der Waals surface area contributed by atoms with Crippen molar-refractivity contribution in [3.8, 4) is 12.1 Å². The van der Waals surface area contributed by atoms with Crippen LogP contribution in [0.2, 0.25) is 0 Å². The van der Waals surface area contributed by atoms with E-state index < -0.39 is 0 Å². The molecule has 1 rings (SSSR count). The normalized spacial score (nSPS) is 8.08. The third-order valence-corrected chi connectivity index (χ3v) is 1.45. The van der Waals surface area contributed by atoms with Crippen LogP contribution in [-0.2, 0) is 0 Å². The van der Waals surface area contributed by atoms with Gasteiger partial charge in [-0.3, -0.25) is 0 Å². The molecule has 58 valence electrons. The molecule has 0 bridgehead atoms. The molecule has 0 aliphatic carbocycles. The molecule has 0 radical (unpaired) electrons. The van der Waals surface area contributed by atoms with Crippen LogP contribution in [0, 0.1) is 24.3 Å². The lowest BCUT2D eigenvalue weighted by Crippen LogP contribution is -1.81. The van der Waals surface area contributed by atoms with Crippen LogP contribution in [0.15, 0.2) is 18.2 Å². The highest BCUT2D eigenvalue weighted by Gasteiger charge is 1.98. The number of hydrogen-bond donors (Lipinski definition) is 0. The Morgan fingerprint density at radius 1 is 1.25 bits per heavy atom. The molecule has 0 aromatic heterocycles. The number of aryl methyl sites for hydroxylation is 1. The van der Waals surface area contributed by atoms with E-state index in [4.69, 9.17) is 5.26 Å². The van der Waals surface area contributed by atoms with Gasteiger partial charge in [-0.1, -0.05) is 4.85 Å². The number of nitriles is 1. The van der Waals surface area contributed by atoms with Crippen LogP contribution < -0.4 is 0 Å². The van der Waals surface area contributed by atoms with Crippen molar-refractivity contribution in [2.24, 2.45) is 0 Å². The lowest BCUT2D eigenvalue weighted by molar-refractivity contribution is 1.41. The Labute approximate surface area is 71.9 Å². The van der Waals surface area contributed by atoms with Gasteiger partial charge in [-0.2, -0.15) is 5.26 Å². The number of benzene rings is 1. The van der Waals surface area contributed by atoms with E-state index in [9.17, 15) is 0 Å². The largest absolute Gasteiger partial charge is 0.310 e. The zero-order chi connectivity index (χ0) is 8.97. The lowest BCUT2D eigenvalue weighted by Gasteiger charge is -1.91. The smallest absolute Gasteiger partial charge is 0.192 e. The molecule has 0 spiro atoms. The average molecular weight is 157 g/mol. The van der Waals surface area contributed by atoms with E-state index in [1.165, 1.54) is 0 Å². The number of nitrogens with zero attached hydrogens (tertiary/aromatic N) is 2. The second kappa shape index (κ2) is 3.55. The Morgan fingerprint density at radius 3 is 2.50 bits per heavy atom. The lowest BCUT2D eigenvalue weighted by atomic mass is 10.1. The minimum absolute atomic E-state index is 0.654. The Kier molecular flexibility index (Phi) is 2.46. The highest BCUT2D eigenvalue weighted by Crippen LogP contribution is 2.07. The van der Waals surface area contributed by atoms with Crippen LogP contribution in [0.25, 0.3) is 4.85 Å². The van der Waals surface area contributed by atoms with Gasteiger partial charge in [0, 0.05) is 0 Å². The molecule has 0 aliphatic heterocycles.